The van der Waals surface area contributed by atoms with Crippen molar-refractivity contribution < 1.29 is 4.42 Å². The van der Waals surface area contributed by atoms with E-state index in [9.17, 15) is 0 Å². The van der Waals surface area contributed by atoms with Gasteiger partial charge in [-0.25, -0.2) is 4.98 Å². The van der Waals surface area contributed by atoms with Gasteiger partial charge in [0.15, 0.2) is 0 Å². The Kier molecular flexibility index (Phi) is 7.53. The first-order valence-corrected chi connectivity index (χ1v) is 22.1. The zero-order valence-electron chi connectivity index (χ0n) is 31.1. The van der Waals surface area contributed by atoms with Crippen molar-refractivity contribution in [1.82, 2.24) is 9.55 Å². The largest absolute Gasteiger partial charge is 0.455 e. The fraction of sp³-hybridized carbons (Fsp3) is 0.188. The normalized spacial score (nSPS) is 12.5. The molecule has 0 atom stereocenters. The molecule has 2 aromatic heterocycles. The summed E-state index contributed by atoms with van der Waals surface area (Å²) in [6, 6.07) is 46.6. The van der Waals surface area contributed by atoms with Crippen molar-refractivity contribution in [2.24, 2.45) is 0 Å². The van der Waals surface area contributed by atoms with Gasteiger partial charge in [-0.15, -0.1) is 0 Å². The van der Waals surface area contributed by atoms with Gasteiger partial charge in [0.1, 0.15) is 17.0 Å². The van der Waals surface area contributed by atoms with Crippen molar-refractivity contribution in [2.75, 3.05) is 0 Å². The molecule has 0 aliphatic carbocycles. The molecule has 0 aliphatic rings. The summed E-state index contributed by atoms with van der Waals surface area (Å²) >= 11 is 0. The van der Waals surface area contributed by atoms with Crippen LogP contribution in [0.1, 0.15) is 50.7 Å². The summed E-state index contributed by atoms with van der Waals surface area (Å²) in [5.74, 6) is 1.48. The third-order valence-corrected chi connectivity index (χ3v) is 12.9. The number of hydrogen-bond donors (Lipinski definition) is 0. The monoisotopic (exact) mass is 692 g/mol. The molecular formula is C48H44N2OSi. The number of furan rings is 1. The number of benzene rings is 7. The van der Waals surface area contributed by atoms with E-state index >= 15 is 0 Å². The fourth-order valence-corrected chi connectivity index (χ4v) is 9.86. The predicted octanol–water partition coefficient (Wildman–Crippen LogP) is 13.4. The van der Waals surface area contributed by atoms with Gasteiger partial charge in [-0.05, 0) is 98.1 Å². The fourth-order valence-electron chi connectivity index (χ4n) is 8.24. The first-order valence-electron chi connectivity index (χ1n) is 18.6. The van der Waals surface area contributed by atoms with E-state index in [1.54, 1.807) is 0 Å². The number of imidazole rings is 1. The van der Waals surface area contributed by atoms with E-state index < -0.39 is 8.07 Å². The molecule has 7 aromatic carbocycles. The summed E-state index contributed by atoms with van der Waals surface area (Å²) in [6.07, 6.45) is 0. The summed E-state index contributed by atoms with van der Waals surface area (Å²) < 4.78 is 9.38. The summed E-state index contributed by atoms with van der Waals surface area (Å²) in [5.41, 5.74) is 11.2. The van der Waals surface area contributed by atoms with Crippen molar-refractivity contribution >= 4 is 67.8 Å². The highest BCUT2D eigenvalue weighted by molar-refractivity contribution is 6.90. The lowest BCUT2D eigenvalue weighted by molar-refractivity contribution is 0.670. The molecule has 0 saturated carbocycles. The quantitative estimate of drug-likeness (QED) is 0.128. The highest BCUT2D eigenvalue weighted by Crippen LogP contribution is 2.43. The number of fused-ring (bicyclic) bond motifs is 7. The van der Waals surface area contributed by atoms with Crippen LogP contribution in [0.25, 0.3) is 82.7 Å². The Hall–Kier alpha value is -5.45. The van der Waals surface area contributed by atoms with Gasteiger partial charge in [-0.1, -0.05) is 137 Å². The van der Waals surface area contributed by atoms with E-state index in [0.717, 1.165) is 44.4 Å². The summed E-state index contributed by atoms with van der Waals surface area (Å²) in [7, 11) is -1.61. The lowest BCUT2D eigenvalue weighted by Gasteiger charge is -2.24. The molecule has 9 rings (SSSR count). The van der Waals surface area contributed by atoms with E-state index in [-0.39, 0.29) is 11.8 Å². The smallest absolute Gasteiger partial charge is 0.149 e. The molecular weight excluding hydrogens is 649 g/mol. The number of aromatic nitrogens is 2. The molecule has 0 N–H and O–H groups in total. The van der Waals surface area contributed by atoms with Crippen LogP contribution in [0.4, 0.5) is 0 Å². The van der Waals surface area contributed by atoms with Crippen LogP contribution in [0.15, 0.2) is 132 Å². The second-order valence-electron chi connectivity index (χ2n) is 16.0. The van der Waals surface area contributed by atoms with Gasteiger partial charge in [-0.3, -0.25) is 4.57 Å². The topological polar surface area (TPSA) is 31.0 Å². The molecule has 0 amide bonds. The van der Waals surface area contributed by atoms with E-state index in [4.69, 9.17) is 9.40 Å². The molecule has 0 unspecified atom stereocenters. The van der Waals surface area contributed by atoms with Crippen molar-refractivity contribution in [3.8, 4) is 28.2 Å². The Morgan fingerprint density at radius 3 is 1.94 bits per heavy atom. The van der Waals surface area contributed by atoms with Crippen molar-refractivity contribution in [2.45, 2.75) is 59.2 Å². The summed E-state index contributed by atoms with van der Waals surface area (Å²) in [4.78, 5) is 5.40. The molecule has 3 nitrogen and oxygen atoms in total. The summed E-state index contributed by atoms with van der Waals surface area (Å²) in [5, 5.41) is 8.91. The number of nitrogens with zero attached hydrogens (tertiary/aromatic N) is 2. The first kappa shape index (κ1) is 32.5. The zero-order chi connectivity index (χ0) is 35.9. The van der Waals surface area contributed by atoms with Gasteiger partial charge >= 0.3 is 0 Å². The van der Waals surface area contributed by atoms with Gasteiger partial charge in [0.25, 0.3) is 0 Å². The van der Waals surface area contributed by atoms with Crippen LogP contribution in [0.3, 0.4) is 0 Å². The van der Waals surface area contributed by atoms with Gasteiger partial charge in [0.2, 0.25) is 0 Å². The van der Waals surface area contributed by atoms with E-state index in [1.165, 1.54) is 54.7 Å². The standard InChI is InChI=1S/C48H44N2OSi/c1-29(2)38-24-32(31-16-9-8-10-17-31)25-39(30(3)4)46(38)50-43-23-14-13-22-42(43)49-48(50)37-21-15-20-36-41-26-33-27-45(52(5,6)7)35-19-12-11-18-34(35)40(33)28-44(41)51-47(36)37/h8-30H,1-7H3. The SMILES string of the molecule is CC(C)c1cc(-c2ccccc2)cc(C(C)C)c1-n1c(-c2cccc3c2oc2cc4c(cc([Si](C)(C)C)c5ccccc54)cc23)nc2ccccc21. The number of para-hydroxylation sites is 3. The molecule has 0 radical (unpaired) electrons. The van der Waals surface area contributed by atoms with Crippen LogP contribution in [0.2, 0.25) is 19.6 Å². The number of hydrogen-bond acceptors (Lipinski definition) is 2. The third-order valence-electron chi connectivity index (χ3n) is 10.8. The Labute approximate surface area is 306 Å². The minimum absolute atomic E-state index is 0.287. The van der Waals surface area contributed by atoms with Gasteiger partial charge in [0, 0.05) is 10.8 Å². The molecule has 2 heterocycles. The lowest BCUT2D eigenvalue weighted by atomic mass is 9.88. The van der Waals surface area contributed by atoms with Crippen molar-refractivity contribution in [3.05, 3.63) is 139 Å². The molecule has 256 valence electrons. The lowest BCUT2D eigenvalue weighted by Crippen LogP contribution is -2.38. The molecule has 0 fully saturated rings. The average Bonchev–Trinajstić information content (AvgIpc) is 3.71. The summed E-state index contributed by atoms with van der Waals surface area (Å²) in [6.45, 7) is 16.5. The Morgan fingerprint density at radius 1 is 0.577 bits per heavy atom. The first-order chi connectivity index (χ1) is 25.1. The third kappa shape index (κ3) is 5.11. The highest BCUT2D eigenvalue weighted by Gasteiger charge is 2.26. The molecule has 0 saturated heterocycles. The van der Waals surface area contributed by atoms with Crippen molar-refractivity contribution in [1.29, 1.82) is 0 Å². The maximum atomic E-state index is 6.97. The van der Waals surface area contributed by atoms with E-state index in [0.29, 0.717) is 0 Å². The minimum atomic E-state index is -1.61. The minimum Gasteiger partial charge on any atom is -0.455 e. The molecule has 0 bridgehead atoms. The highest BCUT2D eigenvalue weighted by atomic mass is 28.3. The molecule has 9 aromatic rings. The average molecular weight is 693 g/mol. The van der Waals surface area contributed by atoms with Crippen LogP contribution in [-0.2, 0) is 0 Å². The molecule has 0 spiro atoms. The number of rotatable bonds is 6. The molecule has 4 heteroatoms. The Morgan fingerprint density at radius 2 is 1.23 bits per heavy atom. The Bertz CT molecular complexity index is 2800. The molecule has 52 heavy (non-hydrogen) atoms. The van der Waals surface area contributed by atoms with E-state index in [2.05, 4.69) is 179 Å². The zero-order valence-corrected chi connectivity index (χ0v) is 32.1. The maximum Gasteiger partial charge on any atom is 0.149 e. The second kappa shape index (κ2) is 12.1. The van der Waals surface area contributed by atoms with Crippen LogP contribution in [-0.4, -0.2) is 17.6 Å². The van der Waals surface area contributed by atoms with Gasteiger partial charge in [-0.2, -0.15) is 0 Å². The van der Waals surface area contributed by atoms with Crippen LogP contribution in [0, 0.1) is 0 Å². The van der Waals surface area contributed by atoms with Crippen LogP contribution >= 0.6 is 0 Å². The molecule has 0 aliphatic heterocycles. The van der Waals surface area contributed by atoms with Crippen LogP contribution < -0.4 is 5.19 Å². The van der Waals surface area contributed by atoms with Crippen LogP contribution in [0.5, 0.6) is 0 Å². The predicted molar refractivity (Wildman–Crippen MR) is 225 cm³/mol. The van der Waals surface area contributed by atoms with E-state index in [1.807, 2.05) is 0 Å². The Balaban J connectivity index is 1.35. The maximum absolute atomic E-state index is 6.97. The van der Waals surface area contributed by atoms with Gasteiger partial charge in [0.05, 0.1) is 30.4 Å². The second-order valence-corrected chi connectivity index (χ2v) is 21.1. The van der Waals surface area contributed by atoms with Gasteiger partial charge < -0.3 is 4.42 Å². The van der Waals surface area contributed by atoms with Crippen molar-refractivity contribution in [3.63, 3.8) is 0 Å².